The van der Waals surface area contributed by atoms with Crippen LogP contribution in [0.4, 0.5) is 17.6 Å². The van der Waals surface area contributed by atoms with Crippen molar-refractivity contribution in [3.8, 4) is 0 Å². The average Bonchev–Trinajstić information content (AvgIpc) is 2.27. The van der Waals surface area contributed by atoms with E-state index < -0.39 is 24.4 Å². The van der Waals surface area contributed by atoms with E-state index in [0.29, 0.717) is 4.90 Å². The smallest absolute Gasteiger partial charge is 0.330 e. The van der Waals surface area contributed by atoms with Crippen LogP contribution in [-0.2, 0) is 0 Å². The number of carbonyl (C=O) groups is 1. The molecule has 1 aromatic rings. The van der Waals surface area contributed by atoms with Gasteiger partial charge in [-0.05, 0) is 13.0 Å². The van der Waals surface area contributed by atoms with Crippen molar-refractivity contribution < 1.29 is 22.4 Å². The molecule has 0 spiro atoms. The van der Waals surface area contributed by atoms with Crippen molar-refractivity contribution in [2.45, 2.75) is 13.1 Å². The predicted octanol–water partition coefficient (Wildman–Crippen LogP) is 2.90. The van der Waals surface area contributed by atoms with Gasteiger partial charge in [-0.25, -0.2) is 9.37 Å². The third-order valence-corrected chi connectivity index (χ3v) is 2.38. The first kappa shape index (κ1) is 14.7. The Balaban J connectivity index is 3.00. The summed E-state index contributed by atoms with van der Waals surface area (Å²) in [4.78, 5) is 15.7. The van der Waals surface area contributed by atoms with Gasteiger partial charge in [0, 0.05) is 6.54 Å². The number of carbonyl (C=O) groups excluding carboxylic acids is 1. The average molecular weight is 285 g/mol. The first-order valence-corrected chi connectivity index (χ1v) is 5.29. The maximum Gasteiger partial charge on any atom is 0.406 e. The quantitative estimate of drug-likeness (QED) is 0.632. The van der Waals surface area contributed by atoms with Crippen molar-refractivity contribution >= 4 is 17.5 Å². The lowest BCUT2D eigenvalue weighted by Crippen LogP contribution is -2.39. The lowest BCUT2D eigenvalue weighted by molar-refractivity contribution is -0.140. The molecule has 0 unspecified atom stereocenters. The van der Waals surface area contributed by atoms with E-state index in [-0.39, 0.29) is 17.3 Å². The Morgan fingerprint density at radius 3 is 2.61 bits per heavy atom. The fourth-order valence-electron chi connectivity index (χ4n) is 1.29. The number of amides is 1. The standard InChI is InChI=1S/C10H9ClF4N2O/c1-2-17(5-10(13,14)15)9(18)7-3-6(12)4-16-8(7)11/h3-4H,2,5H2,1H3. The first-order chi connectivity index (χ1) is 8.24. The maximum absolute atomic E-state index is 12.9. The lowest BCUT2D eigenvalue weighted by Gasteiger charge is -2.22. The highest BCUT2D eigenvalue weighted by Crippen LogP contribution is 2.20. The molecule has 0 saturated carbocycles. The van der Waals surface area contributed by atoms with Gasteiger partial charge in [-0.3, -0.25) is 4.79 Å². The third-order valence-electron chi connectivity index (χ3n) is 2.08. The van der Waals surface area contributed by atoms with Gasteiger partial charge in [0.15, 0.2) is 0 Å². The number of alkyl halides is 3. The van der Waals surface area contributed by atoms with Crippen LogP contribution >= 0.6 is 11.6 Å². The highest BCUT2D eigenvalue weighted by atomic mass is 35.5. The zero-order valence-corrected chi connectivity index (χ0v) is 10.0. The van der Waals surface area contributed by atoms with Gasteiger partial charge < -0.3 is 4.90 Å². The summed E-state index contributed by atoms with van der Waals surface area (Å²) in [6.07, 6.45) is -3.75. The monoisotopic (exact) mass is 284 g/mol. The zero-order chi connectivity index (χ0) is 13.9. The Bertz CT molecular complexity index is 450. The van der Waals surface area contributed by atoms with E-state index in [2.05, 4.69) is 4.98 Å². The fraction of sp³-hybridized carbons (Fsp3) is 0.400. The van der Waals surface area contributed by atoms with E-state index in [4.69, 9.17) is 11.6 Å². The second-order valence-electron chi connectivity index (χ2n) is 3.43. The molecule has 1 rings (SSSR count). The molecule has 0 fully saturated rings. The number of rotatable bonds is 3. The van der Waals surface area contributed by atoms with Gasteiger partial charge in [-0.2, -0.15) is 13.2 Å². The summed E-state index contributed by atoms with van der Waals surface area (Å²) in [5.74, 6) is -1.85. The summed E-state index contributed by atoms with van der Waals surface area (Å²) >= 11 is 5.56. The Morgan fingerprint density at radius 2 is 2.11 bits per heavy atom. The van der Waals surface area contributed by atoms with Crippen molar-refractivity contribution in [2.24, 2.45) is 0 Å². The van der Waals surface area contributed by atoms with E-state index in [1.54, 1.807) is 0 Å². The normalized spacial score (nSPS) is 11.4. The molecule has 0 saturated heterocycles. The van der Waals surface area contributed by atoms with Crippen LogP contribution in [0.15, 0.2) is 12.3 Å². The topological polar surface area (TPSA) is 33.2 Å². The molecule has 0 aliphatic heterocycles. The van der Waals surface area contributed by atoms with Crippen molar-refractivity contribution in [1.29, 1.82) is 0 Å². The highest BCUT2D eigenvalue weighted by molar-refractivity contribution is 6.32. The number of aromatic nitrogens is 1. The second-order valence-corrected chi connectivity index (χ2v) is 3.78. The highest BCUT2D eigenvalue weighted by Gasteiger charge is 2.33. The van der Waals surface area contributed by atoms with Crippen molar-refractivity contribution in [2.75, 3.05) is 13.1 Å². The Labute approximate surface area is 105 Å². The first-order valence-electron chi connectivity index (χ1n) is 4.91. The Hall–Kier alpha value is -1.37. The summed E-state index contributed by atoms with van der Waals surface area (Å²) < 4.78 is 49.6. The molecule has 0 bridgehead atoms. The third kappa shape index (κ3) is 3.83. The molecule has 18 heavy (non-hydrogen) atoms. The van der Waals surface area contributed by atoms with Crippen molar-refractivity contribution in [3.63, 3.8) is 0 Å². The van der Waals surface area contributed by atoms with Gasteiger partial charge in [0.2, 0.25) is 0 Å². The van der Waals surface area contributed by atoms with Crippen LogP contribution in [0.25, 0.3) is 0 Å². The molecule has 8 heteroatoms. The Kier molecular flexibility index (Phi) is 4.50. The molecular weight excluding hydrogens is 276 g/mol. The molecule has 0 atom stereocenters. The van der Waals surface area contributed by atoms with Crippen LogP contribution in [0.5, 0.6) is 0 Å². The number of pyridine rings is 1. The van der Waals surface area contributed by atoms with Crippen molar-refractivity contribution in [1.82, 2.24) is 9.88 Å². The van der Waals surface area contributed by atoms with E-state index in [0.717, 1.165) is 12.3 Å². The minimum Gasteiger partial charge on any atom is -0.330 e. The SMILES string of the molecule is CCN(CC(F)(F)F)C(=O)c1cc(F)cnc1Cl. The van der Waals surface area contributed by atoms with E-state index >= 15 is 0 Å². The summed E-state index contributed by atoms with van der Waals surface area (Å²) in [5.41, 5.74) is -0.386. The lowest BCUT2D eigenvalue weighted by atomic mass is 10.2. The molecule has 0 radical (unpaired) electrons. The molecule has 100 valence electrons. The molecule has 1 amide bonds. The van der Waals surface area contributed by atoms with Crippen LogP contribution in [-0.4, -0.2) is 35.1 Å². The van der Waals surface area contributed by atoms with Crippen molar-refractivity contribution in [3.05, 3.63) is 28.8 Å². The number of nitrogens with zero attached hydrogens (tertiary/aromatic N) is 2. The van der Waals surface area contributed by atoms with Gasteiger partial charge in [-0.15, -0.1) is 0 Å². The van der Waals surface area contributed by atoms with Gasteiger partial charge in [0.25, 0.3) is 5.91 Å². The van der Waals surface area contributed by atoms with Crippen LogP contribution in [0.2, 0.25) is 5.15 Å². The molecule has 1 heterocycles. The van der Waals surface area contributed by atoms with Crippen LogP contribution < -0.4 is 0 Å². The predicted molar refractivity (Wildman–Crippen MR) is 56.8 cm³/mol. The largest absolute Gasteiger partial charge is 0.406 e. The molecule has 0 aliphatic rings. The van der Waals surface area contributed by atoms with Gasteiger partial charge in [0.05, 0.1) is 11.8 Å². The van der Waals surface area contributed by atoms with Gasteiger partial charge in [0.1, 0.15) is 17.5 Å². The van der Waals surface area contributed by atoms with Gasteiger partial charge in [-0.1, -0.05) is 11.6 Å². The van der Waals surface area contributed by atoms with Crippen LogP contribution in [0.1, 0.15) is 17.3 Å². The molecule has 0 N–H and O–H groups in total. The van der Waals surface area contributed by atoms with E-state index in [9.17, 15) is 22.4 Å². The number of hydrogen-bond acceptors (Lipinski definition) is 2. The van der Waals surface area contributed by atoms with Crippen LogP contribution in [0, 0.1) is 5.82 Å². The number of hydrogen-bond donors (Lipinski definition) is 0. The summed E-state index contributed by atoms with van der Waals surface area (Å²) in [7, 11) is 0. The summed E-state index contributed by atoms with van der Waals surface area (Å²) in [6, 6.07) is 0.761. The van der Waals surface area contributed by atoms with E-state index in [1.807, 2.05) is 0 Å². The zero-order valence-electron chi connectivity index (χ0n) is 9.26. The minimum absolute atomic E-state index is 0.175. The summed E-state index contributed by atoms with van der Waals surface area (Å²) in [5, 5.41) is -0.331. The van der Waals surface area contributed by atoms with Crippen LogP contribution in [0.3, 0.4) is 0 Å². The minimum atomic E-state index is -4.53. The van der Waals surface area contributed by atoms with E-state index in [1.165, 1.54) is 6.92 Å². The molecule has 1 aromatic heterocycles. The molecular formula is C10H9ClF4N2O. The maximum atomic E-state index is 12.9. The molecule has 0 aromatic carbocycles. The summed E-state index contributed by atoms with van der Waals surface area (Å²) in [6.45, 7) is -0.218. The Morgan fingerprint density at radius 1 is 1.50 bits per heavy atom. The molecule has 0 aliphatic carbocycles. The second kappa shape index (κ2) is 5.51. The molecule has 3 nitrogen and oxygen atoms in total. The van der Waals surface area contributed by atoms with Gasteiger partial charge >= 0.3 is 6.18 Å². The fourth-order valence-corrected chi connectivity index (χ4v) is 1.47. The number of halogens is 5.